The van der Waals surface area contributed by atoms with Gasteiger partial charge in [-0.05, 0) is 61.7 Å². The molecule has 21 heavy (non-hydrogen) atoms. The summed E-state index contributed by atoms with van der Waals surface area (Å²) in [5.41, 5.74) is 5.09. The van der Waals surface area contributed by atoms with Crippen LogP contribution >= 0.6 is 0 Å². The number of benzene rings is 2. The largest absolute Gasteiger partial charge is 0.545 e. The van der Waals surface area contributed by atoms with Gasteiger partial charge in [-0.2, -0.15) is 0 Å². The molecule has 2 aromatic carbocycles. The predicted octanol–water partition coefficient (Wildman–Crippen LogP) is 2.31. The Kier molecular flexibility index (Phi) is 3.01. The quantitative estimate of drug-likeness (QED) is 0.723. The summed E-state index contributed by atoms with van der Waals surface area (Å²) in [6.45, 7) is 6.02. The molecule has 106 valence electrons. The number of rotatable bonds is 2. The fraction of sp³-hybridized carbons (Fsp3) is 0.176. The van der Waals surface area contributed by atoms with Crippen molar-refractivity contribution < 1.29 is 9.90 Å². The monoisotopic (exact) mass is 279 g/mol. The van der Waals surface area contributed by atoms with Crippen molar-refractivity contribution in [2.75, 3.05) is 0 Å². The summed E-state index contributed by atoms with van der Waals surface area (Å²) in [6.07, 6.45) is 0. The van der Waals surface area contributed by atoms with Gasteiger partial charge in [-0.15, -0.1) is 0 Å². The maximum absolute atomic E-state index is 10.9. The standard InChI is InChI=1S/C17H16N2O2/c1-10-6-11(2)8-14(7-10)19-12(3)18-15-9-13(17(20)21)4-5-16(15)19/h4-9H,1-3H3,(H,20,21)/p-1. The van der Waals surface area contributed by atoms with Gasteiger partial charge in [-0.1, -0.05) is 12.1 Å². The lowest BCUT2D eigenvalue weighted by atomic mass is 10.1. The number of aromatic carboxylic acids is 1. The van der Waals surface area contributed by atoms with E-state index in [9.17, 15) is 9.90 Å². The van der Waals surface area contributed by atoms with E-state index in [-0.39, 0.29) is 5.56 Å². The van der Waals surface area contributed by atoms with Crippen molar-refractivity contribution in [3.05, 3.63) is 58.9 Å². The van der Waals surface area contributed by atoms with Crippen LogP contribution < -0.4 is 5.11 Å². The van der Waals surface area contributed by atoms with Gasteiger partial charge in [0.25, 0.3) is 0 Å². The van der Waals surface area contributed by atoms with Crippen LogP contribution in [0, 0.1) is 20.8 Å². The molecule has 0 aliphatic rings. The minimum Gasteiger partial charge on any atom is -0.545 e. The van der Waals surface area contributed by atoms with Crippen molar-refractivity contribution in [3.8, 4) is 5.69 Å². The predicted molar refractivity (Wildman–Crippen MR) is 79.6 cm³/mol. The number of carbonyl (C=O) groups is 1. The number of carbonyl (C=O) groups excluding carboxylic acids is 1. The molecule has 0 atom stereocenters. The summed E-state index contributed by atoms with van der Waals surface area (Å²) >= 11 is 0. The summed E-state index contributed by atoms with van der Waals surface area (Å²) < 4.78 is 2.04. The van der Waals surface area contributed by atoms with Crippen molar-refractivity contribution in [2.45, 2.75) is 20.8 Å². The number of hydrogen-bond donors (Lipinski definition) is 0. The smallest absolute Gasteiger partial charge is 0.111 e. The topological polar surface area (TPSA) is 58.0 Å². The van der Waals surface area contributed by atoms with E-state index in [1.54, 1.807) is 18.2 Å². The Labute approximate surface area is 122 Å². The molecule has 4 nitrogen and oxygen atoms in total. The summed E-state index contributed by atoms with van der Waals surface area (Å²) in [6, 6.07) is 11.2. The fourth-order valence-corrected chi connectivity index (χ4v) is 2.73. The number of aromatic nitrogens is 2. The van der Waals surface area contributed by atoms with Crippen LogP contribution in [-0.4, -0.2) is 15.5 Å². The van der Waals surface area contributed by atoms with E-state index < -0.39 is 5.97 Å². The molecule has 1 aromatic heterocycles. The van der Waals surface area contributed by atoms with Gasteiger partial charge >= 0.3 is 0 Å². The van der Waals surface area contributed by atoms with Crippen molar-refractivity contribution in [2.24, 2.45) is 0 Å². The van der Waals surface area contributed by atoms with E-state index in [1.165, 1.54) is 11.1 Å². The molecular weight excluding hydrogens is 264 g/mol. The number of nitrogens with zero attached hydrogens (tertiary/aromatic N) is 2. The number of imidazole rings is 1. The molecule has 0 amide bonds. The zero-order valence-corrected chi connectivity index (χ0v) is 12.2. The molecule has 0 saturated heterocycles. The second-order valence-electron chi connectivity index (χ2n) is 5.33. The molecule has 0 spiro atoms. The van der Waals surface area contributed by atoms with Crippen LogP contribution in [0.1, 0.15) is 27.3 Å². The van der Waals surface area contributed by atoms with Gasteiger partial charge in [0, 0.05) is 5.69 Å². The average molecular weight is 279 g/mol. The Balaban J connectivity index is 2.27. The van der Waals surface area contributed by atoms with Crippen molar-refractivity contribution >= 4 is 17.0 Å². The van der Waals surface area contributed by atoms with E-state index in [0.29, 0.717) is 5.52 Å². The highest BCUT2D eigenvalue weighted by molar-refractivity contribution is 5.91. The number of fused-ring (bicyclic) bond motifs is 1. The third kappa shape index (κ3) is 2.29. The first-order chi connectivity index (χ1) is 9.95. The van der Waals surface area contributed by atoms with Crippen LogP contribution in [0.15, 0.2) is 36.4 Å². The first kappa shape index (κ1) is 13.4. The Morgan fingerprint density at radius 2 is 1.71 bits per heavy atom. The maximum Gasteiger partial charge on any atom is 0.111 e. The van der Waals surface area contributed by atoms with E-state index in [2.05, 4.69) is 37.0 Å². The molecular formula is C17H15N2O2-. The lowest BCUT2D eigenvalue weighted by Crippen LogP contribution is -2.21. The molecule has 0 aliphatic carbocycles. The van der Waals surface area contributed by atoms with Crippen molar-refractivity contribution in [1.82, 2.24) is 9.55 Å². The van der Waals surface area contributed by atoms with Gasteiger partial charge in [0.2, 0.25) is 0 Å². The van der Waals surface area contributed by atoms with Crippen LogP contribution in [0.2, 0.25) is 0 Å². The highest BCUT2D eigenvalue weighted by Crippen LogP contribution is 2.23. The van der Waals surface area contributed by atoms with Crippen molar-refractivity contribution in [1.29, 1.82) is 0 Å². The lowest BCUT2D eigenvalue weighted by Gasteiger charge is -2.10. The zero-order valence-electron chi connectivity index (χ0n) is 12.2. The molecule has 0 N–H and O–H groups in total. The molecule has 4 heteroatoms. The van der Waals surface area contributed by atoms with E-state index in [4.69, 9.17) is 0 Å². The molecule has 3 aromatic rings. The van der Waals surface area contributed by atoms with E-state index >= 15 is 0 Å². The maximum atomic E-state index is 10.9. The van der Waals surface area contributed by atoms with Gasteiger partial charge in [-0.3, -0.25) is 4.57 Å². The van der Waals surface area contributed by atoms with Crippen LogP contribution in [0.3, 0.4) is 0 Å². The SMILES string of the molecule is Cc1cc(C)cc(-n2c(C)nc3cc(C(=O)[O-])ccc32)c1. The first-order valence-electron chi connectivity index (χ1n) is 6.75. The van der Waals surface area contributed by atoms with Crippen LogP contribution in [-0.2, 0) is 0 Å². The van der Waals surface area contributed by atoms with Gasteiger partial charge in [0.1, 0.15) is 5.82 Å². The molecule has 0 fully saturated rings. The van der Waals surface area contributed by atoms with E-state index in [1.807, 2.05) is 11.5 Å². The summed E-state index contributed by atoms with van der Waals surface area (Å²) in [7, 11) is 0. The number of aryl methyl sites for hydroxylation is 3. The van der Waals surface area contributed by atoms with Gasteiger partial charge in [0.05, 0.1) is 17.0 Å². The number of hydrogen-bond acceptors (Lipinski definition) is 3. The second kappa shape index (κ2) is 4.74. The second-order valence-corrected chi connectivity index (χ2v) is 5.33. The van der Waals surface area contributed by atoms with Gasteiger partial charge in [0.15, 0.2) is 0 Å². The highest BCUT2D eigenvalue weighted by atomic mass is 16.4. The van der Waals surface area contributed by atoms with E-state index in [0.717, 1.165) is 17.0 Å². The molecule has 0 saturated carbocycles. The van der Waals surface area contributed by atoms with Crippen molar-refractivity contribution in [3.63, 3.8) is 0 Å². The Hall–Kier alpha value is -2.62. The molecule has 1 heterocycles. The van der Waals surface area contributed by atoms with Gasteiger partial charge < -0.3 is 9.90 Å². The Bertz CT molecular complexity index is 842. The minimum absolute atomic E-state index is 0.146. The Morgan fingerprint density at radius 1 is 1.05 bits per heavy atom. The Morgan fingerprint density at radius 3 is 2.33 bits per heavy atom. The van der Waals surface area contributed by atoms with Crippen LogP contribution in [0.25, 0.3) is 16.7 Å². The molecule has 0 bridgehead atoms. The summed E-state index contributed by atoms with van der Waals surface area (Å²) in [5, 5.41) is 10.9. The summed E-state index contributed by atoms with van der Waals surface area (Å²) in [5.74, 6) is -0.360. The lowest BCUT2D eigenvalue weighted by molar-refractivity contribution is -0.255. The summed E-state index contributed by atoms with van der Waals surface area (Å²) in [4.78, 5) is 15.4. The average Bonchev–Trinajstić information content (AvgIpc) is 2.72. The normalized spacial score (nSPS) is 11.0. The molecule has 0 unspecified atom stereocenters. The highest BCUT2D eigenvalue weighted by Gasteiger charge is 2.10. The molecule has 3 rings (SSSR count). The number of carboxylic acids is 1. The first-order valence-corrected chi connectivity index (χ1v) is 6.75. The zero-order chi connectivity index (χ0) is 15.1. The third-order valence-electron chi connectivity index (χ3n) is 3.52. The van der Waals surface area contributed by atoms with Crippen LogP contribution in [0.4, 0.5) is 0 Å². The number of carboxylic acid groups (broad SMARTS) is 1. The fourth-order valence-electron chi connectivity index (χ4n) is 2.73. The molecule has 0 radical (unpaired) electrons. The third-order valence-corrected chi connectivity index (χ3v) is 3.52. The van der Waals surface area contributed by atoms with Gasteiger partial charge in [-0.25, -0.2) is 4.98 Å². The molecule has 0 aliphatic heterocycles. The minimum atomic E-state index is -1.18. The van der Waals surface area contributed by atoms with Crippen LogP contribution in [0.5, 0.6) is 0 Å².